The lowest BCUT2D eigenvalue weighted by molar-refractivity contribution is 0.491. The molecule has 0 amide bonds. The van der Waals surface area contributed by atoms with E-state index in [4.69, 9.17) is 10.2 Å². The minimum absolute atomic E-state index is 0.0875. The van der Waals surface area contributed by atoms with E-state index in [-0.39, 0.29) is 6.04 Å². The van der Waals surface area contributed by atoms with Crippen LogP contribution in [0.5, 0.6) is 0 Å². The molecule has 96 valence electrons. The zero-order chi connectivity index (χ0) is 13.4. The third-order valence-electron chi connectivity index (χ3n) is 3.21. The summed E-state index contributed by atoms with van der Waals surface area (Å²) in [5.74, 6) is 1.66. The summed E-state index contributed by atoms with van der Waals surface area (Å²) in [6.45, 7) is 1.92. The molecule has 1 heterocycles. The first-order chi connectivity index (χ1) is 9.16. The fourth-order valence-electron chi connectivity index (χ4n) is 2.22. The van der Waals surface area contributed by atoms with Crippen molar-refractivity contribution < 1.29 is 4.42 Å². The van der Waals surface area contributed by atoms with Gasteiger partial charge < -0.3 is 10.2 Å². The maximum absolute atomic E-state index is 5.84. The van der Waals surface area contributed by atoms with Gasteiger partial charge in [-0.05, 0) is 42.0 Å². The van der Waals surface area contributed by atoms with Gasteiger partial charge in [0, 0.05) is 10.0 Å². The Morgan fingerprint density at radius 2 is 1.74 bits per heavy atom. The number of halogens is 1. The highest BCUT2D eigenvalue weighted by Crippen LogP contribution is 2.34. The maximum Gasteiger partial charge on any atom is 0.134 e. The van der Waals surface area contributed by atoms with E-state index >= 15 is 0 Å². The molecule has 0 aliphatic rings. The highest BCUT2D eigenvalue weighted by molar-refractivity contribution is 9.10. The van der Waals surface area contributed by atoms with E-state index in [2.05, 4.69) is 34.1 Å². The van der Waals surface area contributed by atoms with E-state index < -0.39 is 0 Å². The van der Waals surface area contributed by atoms with Gasteiger partial charge in [0.05, 0.1) is 6.04 Å². The predicted molar refractivity (Wildman–Crippen MR) is 82.0 cm³/mol. The van der Waals surface area contributed by atoms with Gasteiger partial charge in [0.2, 0.25) is 0 Å². The monoisotopic (exact) mass is 315 g/mol. The Bertz CT molecular complexity index is 730. The van der Waals surface area contributed by atoms with Gasteiger partial charge in [-0.25, -0.2) is 0 Å². The summed E-state index contributed by atoms with van der Waals surface area (Å²) < 4.78 is 6.93. The van der Waals surface area contributed by atoms with Gasteiger partial charge in [0.25, 0.3) is 0 Å². The largest absolute Gasteiger partial charge is 0.459 e. The minimum Gasteiger partial charge on any atom is -0.459 e. The van der Waals surface area contributed by atoms with E-state index in [0.29, 0.717) is 0 Å². The number of rotatable bonds is 2. The third kappa shape index (κ3) is 2.20. The van der Waals surface area contributed by atoms with Crippen molar-refractivity contribution in [2.24, 2.45) is 5.73 Å². The van der Waals surface area contributed by atoms with Crippen molar-refractivity contribution in [2.75, 3.05) is 0 Å². The quantitative estimate of drug-likeness (QED) is 0.731. The number of furan rings is 1. The highest BCUT2D eigenvalue weighted by atomic mass is 79.9. The minimum atomic E-state index is -0.0875. The molecule has 2 aromatic carbocycles. The van der Waals surface area contributed by atoms with Crippen LogP contribution >= 0.6 is 15.9 Å². The molecule has 0 spiro atoms. The Morgan fingerprint density at radius 3 is 2.42 bits per heavy atom. The van der Waals surface area contributed by atoms with Gasteiger partial charge in [-0.1, -0.05) is 40.2 Å². The smallest absolute Gasteiger partial charge is 0.134 e. The molecule has 2 nitrogen and oxygen atoms in total. The Kier molecular flexibility index (Phi) is 3.17. The summed E-state index contributed by atoms with van der Waals surface area (Å²) >= 11 is 3.58. The Morgan fingerprint density at radius 1 is 1.00 bits per heavy atom. The van der Waals surface area contributed by atoms with E-state index in [1.807, 2.05) is 37.3 Å². The van der Waals surface area contributed by atoms with Crippen LogP contribution in [0.15, 0.2) is 57.4 Å². The number of nitrogens with two attached hydrogens (primary N) is 1. The first-order valence-corrected chi connectivity index (χ1v) is 6.99. The fraction of sp³-hybridized carbons (Fsp3) is 0.125. The van der Waals surface area contributed by atoms with Crippen molar-refractivity contribution in [1.82, 2.24) is 0 Å². The normalized spacial score (nSPS) is 12.8. The van der Waals surface area contributed by atoms with Crippen LogP contribution in [-0.4, -0.2) is 0 Å². The van der Waals surface area contributed by atoms with Gasteiger partial charge in [0.1, 0.15) is 11.5 Å². The van der Waals surface area contributed by atoms with Crippen molar-refractivity contribution >= 4 is 26.7 Å². The Labute approximate surface area is 120 Å². The molecule has 0 aliphatic heterocycles. The SMILES string of the molecule is CC(N)c1ccc(-c2ccc(Br)c3ccccc23)o1. The zero-order valence-corrected chi connectivity index (χ0v) is 12.1. The molecular weight excluding hydrogens is 302 g/mol. The van der Waals surface area contributed by atoms with Gasteiger partial charge in [0.15, 0.2) is 0 Å². The lowest BCUT2D eigenvalue weighted by Crippen LogP contribution is -2.02. The maximum atomic E-state index is 5.84. The Hall–Kier alpha value is -1.58. The topological polar surface area (TPSA) is 39.2 Å². The first-order valence-electron chi connectivity index (χ1n) is 6.20. The molecule has 0 aliphatic carbocycles. The van der Waals surface area contributed by atoms with Gasteiger partial charge in [-0.2, -0.15) is 0 Å². The van der Waals surface area contributed by atoms with Crippen LogP contribution in [0.1, 0.15) is 18.7 Å². The lowest BCUT2D eigenvalue weighted by atomic mass is 10.0. The van der Waals surface area contributed by atoms with Crippen molar-refractivity contribution in [3.8, 4) is 11.3 Å². The second kappa shape index (κ2) is 4.83. The average Bonchev–Trinajstić information content (AvgIpc) is 2.89. The number of fused-ring (bicyclic) bond motifs is 1. The summed E-state index contributed by atoms with van der Waals surface area (Å²) in [5.41, 5.74) is 6.93. The van der Waals surface area contributed by atoms with Crippen molar-refractivity contribution in [3.63, 3.8) is 0 Å². The van der Waals surface area contributed by atoms with Crippen molar-refractivity contribution in [3.05, 3.63) is 58.8 Å². The fourth-order valence-corrected chi connectivity index (χ4v) is 2.70. The number of benzene rings is 2. The molecule has 3 aromatic rings. The van der Waals surface area contributed by atoms with Crippen molar-refractivity contribution in [2.45, 2.75) is 13.0 Å². The Balaban J connectivity index is 2.22. The van der Waals surface area contributed by atoms with Gasteiger partial charge in [-0.3, -0.25) is 0 Å². The van der Waals surface area contributed by atoms with Crippen LogP contribution in [0, 0.1) is 0 Å². The first kappa shape index (κ1) is 12.5. The van der Waals surface area contributed by atoms with Crippen LogP contribution in [0.3, 0.4) is 0 Å². The van der Waals surface area contributed by atoms with Crippen LogP contribution in [-0.2, 0) is 0 Å². The van der Waals surface area contributed by atoms with Crippen LogP contribution in [0.4, 0.5) is 0 Å². The molecule has 3 rings (SSSR count). The summed E-state index contributed by atoms with van der Waals surface area (Å²) in [6, 6.07) is 16.2. The lowest BCUT2D eigenvalue weighted by Gasteiger charge is -2.06. The molecule has 1 unspecified atom stereocenters. The molecule has 1 aromatic heterocycles. The predicted octanol–water partition coefficient (Wildman–Crippen LogP) is 4.88. The van der Waals surface area contributed by atoms with E-state index in [1.54, 1.807) is 0 Å². The van der Waals surface area contributed by atoms with Gasteiger partial charge in [-0.15, -0.1) is 0 Å². The summed E-state index contributed by atoms with van der Waals surface area (Å²) in [4.78, 5) is 0. The summed E-state index contributed by atoms with van der Waals surface area (Å²) in [5, 5.41) is 2.35. The standard InChI is InChI=1S/C16H14BrNO/c1-10(18)15-8-9-16(19-15)13-6-7-14(17)12-5-3-2-4-11(12)13/h2-10H,18H2,1H3. The average molecular weight is 316 g/mol. The van der Waals surface area contributed by atoms with E-state index in [0.717, 1.165) is 21.6 Å². The second-order valence-corrected chi connectivity index (χ2v) is 5.49. The highest BCUT2D eigenvalue weighted by Gasteiger charge is 2.11. The van der Waals surface area contributed by atoms with Crippen LogP contribution in [0.25, 0.3) is 22.1 Å². The number of hydrogen-bond acceptors (Lipinski definition) is 2. The summed E-state index contributed by atoms with van der Waals surface area (Å²) in [6.07, 6.45) is 0. The molecule has 0 fully saturated rings. The summed E-state index contributed by atoms with van der Waals surface area (Å²) in [7, 11) is 0. The molecule has 0 bridgehead atoms. The third-order valence-corrected chi connectivity index (χ3v) is 3.90. The van der Waals surface area contributed by atoms with Gasteiger partial charge >= 0.3 is 0 Å². The molecule has 19 heavy (non-hydrogen) atoms. The van der Waals surface area contributed by atoms with E-state index in [1.165, 1.54) is 10.8 Å². The van der Waals surface area contributed by atoms with Crippen LogP contribution < -0.4 is 5.73 Å². The van der Waals surface area contributed by atoms with Crippen LogP contribution in [0.2, 0.25) is 0 Å². The molecule has 0 saturated heterocycles. The molecule has 1 atom stereocenters. The molecule has 0 saturated carbocycles. The number of hydrogen-bond donors (Lipinski definition) is 1. The van der Waals surface area contributed by atoms with E-state index in [9.17, 15) is 0 Å². The molecule has 2 N–H and O–H groups in total. The van der Waals surface area contributed by atoms with Crippen molar-refractivity contribution in [1.29, 1.82) is 0 Å². The molecular formula is C16H14BrNO. The second-order valence-electron chi connectivity index (χ2n) is 4.63. The molecule has 3 heteroatoms. The zero-order valence-electron chi connectivity index (χ0n) is 10.6. The molecule has 0 radical (unpaired) electrons.